The van der Waals surface area contributed by atoms with E-state index >= 15 is 0 Å². The van der Waals surface area contributed by atoms with Crippen molar-refractivity contribution < 1.29 is 0 Å². The fourth-order valence-corrected chi connectivity index (χ4v) is 1.43. The fraction of sp³-hybridized carbons (Fsp3) is 0.300. The van der Waals surface area contributed by atoms with Crippen LogP contribution in [0.2, 0.25) is 0 Å². The number of aromatic nitrogens is 1. The minimum Gasteiger partial charge on any atom is -0.263 e. The molecule has 0 saturated heterocycles. The molecule has 1 heteroatoms. The maximum atomic E-state index is 4.03. The Balaban J connectivity index is 2.29. The molecule has 1 nitrogen and oxygen atoms in total. The van der Waals surface area contributed by atoms with E-state index in [2.05, 4.69) is 17.1 Å². The van der Waals surface area contributed by atoms with Gasteiger partial charge in [0.15, 0.2) is 0 Å². The van der Waals surface area contributed by atoms with Crippen molar-refractivity contribution in [1.82, 2.24) is 4.98 Å². The van der Waals surface area contributed by atoms with Gasteiger partial charge in [-0.3, -0.25) is 4.98 Å². The lowest BCUT2D eigenvalue weighted by atomic mass is 10.1. The molecule has 0 N–H and O–H groups in total. The van der Waals surface area contributed by atoms with Crippen LogP contribution in [0.25, 0.3) is 5.57 Å². The van der Waals surface area contributed by atoms with E-state index in [0.29, 0.717) is 0 Å². The number of nitrogens with zero attached hydrogens (tertiary/aromatic N) is 1. The van der Waals surface area contributed by atoms with Crippen LogP contribution in [0.5, 0.6) is 0 Å². The molecule has 0 bridgehead atoms. The van der Waals surface area contributed by atoms with Crippen LogP contribution in [0.3, 0.4) is 0 Å². The Kier molecular flexibility index (Phi) is 1.72. The van der Waals surface area contributed by atoms with E-state index in [1.807, 2.05) is 12.3 Å². The summed E-state index contributed by atoms with van der Waals surface area (Å²) in [5.74, 6) is 0. The second kappa shape index (κ2) is 2.87. The SMILES string of the molecule is [c]1cncc(C2=CCCC2)c1. The summed E-state index contributed by atoms with van der Waals surface area (Å²) in [7, 11) is 0. The minimum atomic E-state index is 1.21. The van der Waals surface area contributed by atoms with Gasteiger partial charge in [-0.1, -0.05) is 6.08 Å². The number of allylic oxidation sites excluding steroid dienone is 2. The van der Waals surface area contributed by atoms with Crippen molar-refractivity contribution in [2.45, 2.75) is 19.3 Å². The highest BCUT2D eigenvalue weighted by molar-refractivity contribution is 5.66. The van der Waals surface area contributed by atoms with Crippen molar-refractivity contribution in [1.29, 1.82) is 0 Å². The molecule has 0 fully saturated rings. The quantitative estimate of drug-likeness (QED) is 0.590. The van der Waals surface area contributed by atoms with Gasteiger partial charge in [0.1, 0.15) is 0 Å². The van der Waals surface area contributed by atoms with Gasteiger partial charge in [-0.05, 0) is 36.5 Å². The monoisotopic (exact) mass is 144 g/mol. The van der Waals surface area contributed by atoms with Crippen LogP contribution in [0, 0.1) is 6.07 Å². The molecule has 55 valence electrons. The lowest BCUT2D eigenvalue weighted by Crippen LogP contribution is -1.80. The Morgan fingerprint density at radius 1 is 1.45 bits per heavy atom. The van der Waals surface area contributed by atoms with Crippen LogP contribution < -0.4 is 0 Å². The number of hydrogen-bond donors (Lipinski definition) is 0. The predicted octanol–water partition coefficient (Wildman–Crippen LogP) is 2.45. The first-order valence-corrected chi connectivity index (χ1v) is 3.97. The third kappa shape index (κ3) is 1.32. The Morgan fingerprint density at radius 2 is 2.45 bits per heavy atom. The van der Waals surface area contributed by atoms with E-state index in [9.17, 15) is 0 Å². The molecule has 0 aromatic carbocycles. The van der Waals surface area contributed by atoms with E-state index in [4.69, 9.17) is 0 Å². The lowest BCUT2D eigenvalue weighted by Gasteiger charge is -1.98. The first-order valence-electron chi connectivity index (χ1n) is 3.97. The van der Waals surface area contributed by atoms with Crippen LogP contribution in [-0.2, 0) is 0 Å². The molecule has 0 amide bonds. The highest BCUT2D eigenvalue weighted by Crippen LogP contribution is 2.26. The second-order valence-corrected chi connectivity index (χ2v) is 2.80. The van der Waals surface area contributed by atoms with E-state index in [1.54, 1.807) is 6.20 Å². The largest absolute Gasteiger partial charge is 0.263 e. The van der Waals surface area contributed by atoms with Gasteiger partial charge in [0.05, 0.1) is 0 Å². The van der Waals surface area contributed by atoms with E-state index < -0.39 is 0 Å². The Hall–Kier alpha value is -1.11. The molecular formula is C10H10N. The molecule has 0 saturated carbocycles. The summed E-state index contributed by atoms with van der Waals surface area (Å²) in [6, 6.07) is 4.99. The number of hydrogen-bond acceptors (Lipinski definition) is 1. The average Bonchev–Trinajstić information content (AvgIpc) is 2.58. The van der Waals surface area contributed by atoms with Gasteiger partial charge in [-0.15, -0.1) is 0 Å². The molecule has 0 spiro atoms. The summed E-state index contributed by atoms with van der Waals surface area (Å²) in [6.07, 6.45) is 9.63. The molecule has 0 atom stereocenters. The Morgan fingerprint density at radius 3 is 3.09 bits per heavy atom. The molecule has 0 unspecified atom stereocenters. The van der Waals surface area contributed by atoms with Crippen LogP contribution >= 0.6 is 0 Å². The minimum absolute atomic E-state index is 1.21. The second-order valence-electron chi connectivity index (χ2n) is 2.80. The molecule has 11 heavy (non-hydrogen) atoms. The van der Waals surface area contributed by atoms with Crippen molar-refractivity contribution in [2.75, 3.05) is 0 Å². The highest BCUT2D eigenvalue weighted by Gasteiger charge is 2.05. The number of pyridine rings is 1. The van der Waals surface area contributed by atoms with Crippen molar-refractivity contribution in [2.24, 2.45) is 0 Å². The summed E-state index contributed by atoms with van der Waals surface area (Å²) in [6.45, 7) is 0. The summed E-state index contributed by atoms with van der Waals surface area (Å²) >= 11 is 0. The van der Waals surface area contributed by atoms with Gasteiger partial charge in [-0.25, -0.2) is 0 Å². The summed E-state index contributed by atoms with van der Waals surface area (Å²) < 4.78 is 0. The highest BCUT2D eigenvalue weighted by atomic mass is 14.6. The van der Waals surface area contributed by atoms with Gasteiger partial charge in [-0.2, -0.15) is 0 Å². The Labute approximate surface area is 66.8 Å². The molecule has 1 aliphatic rings. The maximum Gasteiger partial charge on any atom is 0.0347 e. The first-order chi connectivity index (χ1) is 5.47. The summed E-state index contributed by atoms with van der Waals surface area (Å²) in [4.78, 5) is 4.03. The standard InChI is InChI=1S/C10H10N/c1-2-5-9(4-1)10-6-3-7-11-8-10/h4,6-8H,1-2,5H2. The zero-order valence-corrected chi connectivity index (χ0v) is 6.38. The first kappa shape index (κ1) is 6.59. The fourth-order valence-electron chi connectivity index (χ4n) is 1.43. The van der Waals surface area contributed by atoms with E-state index in [-0.39, 0.29) is 0 Å². The third-order valence-corrected chi connectivity index (χ3v) is 2.01. The van der Waals surface area contributed by atoms with Crippen LogP contribution in [-0.4, -0.2) is 4.98 Å². The molecule has 1 radical (unpaired) electrons. The van der Waals surface area contributed by atoms with Crippen LogP contribution in [0.15, 0.2) is 24.5 Å². The molecule has 2 rings (SSSR count). The van der Waals surface area contributed by atoms with Gasteiger partial charge in [0, 0.05) is 18.5 Å². The van der Waals surface area contributed by atoms with Crippen molar-refractivity contribution in [3.05, 3.63) is 36.2 Å². The zero-order chi connectivity index (χ0) is 7.52. The smallest absolute Gasteiger partial charge is 0.0347 e. The van der Waals surface area contributed by atoms with E-state index in [1.165, 1.54) is 30.4 Å². The van der Waals surface area contributed by atoms with E-state index in [0.717, 1.165) is 0 Å². The molecule has 1 aromatic heterocycles. The topological polar surface area (TPSA) is 12.9 Å². The predicted molar refractivity (Wildman–Crippen MR) is 44.9 cm³/mol. The van der Waals surface area contributed by atoms with Gasteiger partial charge in [0.25, 0.3) is 0 Å². The van der Waals surface area contributed by atoms with Gasteiger partial charge in [0.2, 0.25) is 0 Å². The molecule has 1 aliphatic carbocycles. The average molecular weight is 144 g/mol. The zero-order valence-electron chi connectivity index (χ0n) is 6.38. The Bertz CT molecular complexity index is 261. The van der Waals surface area contributed by atoms with Gasteiger partial charge < -0.3 is 0 Å². The number of rotatable bonds is 1. The summed E-state index contributed by atoms with van der Waals surface area (Å²) in [5, 5.41) is 0. The van der Waals surface area contributed by atoms with Crippen LogP contribution in [0.1, 0.15) is 24.8 Å². The molecular weight excluding hydrogens is 134 g/mol. The van der Waals surface area contributed by atoms with Crippen molar-refractivity contribution >= 4 is 5.57 Å². The third-order valence-electron chi connectivity index (χ3n) is 2.01. The molecule has 0 aliphatic heterocycles. The summed E-state index contributed by atoms with van der Waals surface area (Å²) in [5.41, 5.74) is 2.68. The lowest BCUT2D eigenvalue weighted by molar-refractivity contribution is 0.935. The van der Waals surface area contributed by atoms with Crippen LogP contribution in [0.4, 0.5) is 0 Å². The maximum absolute atomic E-state index is 4.03. The molecule has 1 aromatic rings. The normalized spacial score (nSPS) is 16.5. The van der Waals surface area contributed by atoms with Gasteiger partial charge >= 0.3 is 0 Å². The van der Waals surface area contributed by atoms with Crippen molar-refractivity contribution in [3.63, 3.8) is 0 Å². The molecule has 1 heterocycles. The van der Waals surface area contributed by atoms with Crippen molar-refractivity contribution in [3.8, 4) is 0 Å².